The van der Waals surface area contributed by atoms with E-state index in [1.165, 1.54) is 0 Å². The van der Waals surface area contributed by atoms with Crippen LogP contribution in [0.2, 0.25) is 5.02 Å². The van der Waals surface area contributed by atoms with Gasteiger partial charge >= 0.3 is 0 Å². The third-order valence-corrected chi connectivity index (χ3v) is 2.57. The summed E-state index contributed by atoms with van der Waals surface area (Å²) in [6.07, 6.45) is 0. The minimum atomic E-state index is -0.209. The first-order chi connectivity index (χ1) is 8.16. The van der Waals surface area contributed by atoms with Crippen molar-refractivity contribution in [2.24, 2.45) is 0 Å². The van der Waals surface area contributed by atoms with Crippen LogP contribution in [0.25, 0.3) is 0 Å². The quantitative estimate of drug-likeness (QED) is 0.800. The van der Waals surface area contributed by atoms with Gasteiger partial charge in [0.05, 0.1) is 11.4 Å². The highest BCUT2D eigenvalue weighted by Crippen LogP contribution is 2.18. The number of hydrogen-bond donors (Lipinski definition) is 2. The Morgan fingerprint density at radius 3 is 2.35 bits per heavy atom. The Bertz CT molecular complexity index is 537. The topological polar surface area (TPSA) is 55.1 Å². The van der Waals surface area contributed by atoms with Gasteiger partial charge in [-0.15, -0.1) is 0 Å². The minimum absolute atomic E-state index is 0.209. The number of carbonyl (C=O) groups excluding carboxylic acids is 1. The molecule has 0 atom stereocenters. The summed E-state index contributed by atoms with van der Waals surface area (Å²) in [6.45, 7) is 0. The number of rotatable bonds is 2. The van der Waals surface area contributed by atoms with E-state index < -0.39 is 0 Å². The Hall–Kier alpha value is -2.00. The second-order valence-corrected chi connectivity index (χ2v) is 3.98. The molecule has 0 fully saturated rings. The zero-order valence-electron chi connectivity index (χ0n) is 8.98. The molecule has 3 nitrogen and oxygen atoms in total. The largest absolute Gasteiger partial charge is 0.397 e. The highest BCUT2D eigenvalue weighted by molar-refractivity contribution is 6.30. The van der Waals surface area contributed by atoms with Crippen molar-refractivity contribution in [3.63, 3.8) is 0 Å². The number of anilines is 2. The Morgan fingerprint density at radius 2 is 1.71 bits per heavy atom. The highest BCUT2D eigenvalue weighted by atomic mass is 35.5. The summed E-state index contributed by atoms with van der Waals surface area (Å²) < 4.78 is 0. The van der Waals surface area contributed by atoms with E-state index in [-0.39, 0.29) is 5.91 Å². The number of hydrogen-bond acceptors (Lipinski definition) is 2. The molecule has 0 saturated carbocycles. The van der Waals surface area contributed by atoms with Crippen LogP contribution in [-0.4, -0.2) is 5.91 Å². The fraction of sp³-hybridized carbons (Fsp3) is 0. The maximum atomic E-state index is 11.9. The molecule has 2 aromatic rings. The van der Waals surface area contributed by atoms with E-state index in [1.54, 1.807) is 36.4 Å². The van der Waals surface area contributed by atoms with Crippen LogP contribution < -0.4 is 11.1 Å². The molecule has 4 heteroatoms. The van der Waals surface area contributed by atoms with Crippen LogP contribution in [-0.2, 0) is 0 Å². The zero-order valence-corrected chi connectivity index (χ0v) is 9.74. The van der Waals surface area contributed by atoms with E-state index in [0.29, 0.717) is 22.0 Å². The first-order valence-corrected chi connectivity index (χ1v) is 5.46. The van der Waals surface area contributed by atoms with Crippen LogP contribution in [0.5, 0.6) is 0 Å². The molecule has 0 radical (unpaired) electrons. The molecule has 0 spiro atoms. The number of nitrogens with one attached hydrogen (secondary N) is 1. The Morgan fingerprint density at radius 1 is 1.06 bits per heavy atom. The van der Waals surface area contributed by atoms with Gasteiger partial charge in [-0.05, 0) is 36.4 Å². The van der Waals surface area contributed by atoms with Crippen LogP contribution in [0.4, 0.5) is 11.4 Å². The number of halogens is 1. The first-order valence-electron chi connectivity index (χ1n) is 5.08. The summed E-state index contributed by atoms with van der Waals surface area (Å²) >= 11 is 5.75. The molecule has 2 rings (SSSR count). The average Bonchev–Trinajstić information content (AvgIpc) is 2.33. The third-order valence-electron chi connectivity index (χ3n) is 2.32. The summed E-state index contributed by atoms with van der Waals surface area (Å²) in [7, 11) is 0. The number of benzene rings is 2. The molecule has 0 aliphatic carbocycles. The lowest BCUT2D eigenvalue weighted by Gasteiger charge is -2.07. The first kappa shape index (κ1) is 11.5. The Labute approximate surface area is 104 Å². The molecule has 0 aliphatic rings. The monoisotopic (exact) mass is 246 g/mol. The number of nitrogens with two attached hydrogens (primary N) is 1. The van der Waals surface area contributed by atoms with Gasteiger partial charge in [0, 0.05) is 10.6 Å². The van der Waals surface area contributed by atoms with Gasteiger partial charge < -0.3 is 11.1 Å². The smallest absolute Gasteiger partial charge is 0.255 e. The van der Waals surface area contributed by atoms with Crippen molar-refractivity contribution >= 4 is 28.9 Å². The predicted molar refractivity (Wildman–Crippen MR) is 70.3 cm³/mol. The van der Waals surface area contributed by atoms with Crippen molar-refractivity contribution in [2.45, 2.75) is 0 Å². The van der Waals surface area contributed by atoms with E-state index in [2.05, 4.69) is 5.32 Å². The van der Waals surface area contributed by atoms with E-state index in [0.717, 1.165) is 0 Å². The van der Waals surface area contributed by atoms with E-state index in [9.17, 15) is 4.79 Å². The van der Waals surface area contributed by atoms with Crippen LogP contribution in [0.1, 0.15) is 10.4 Å². The highest BCUT2D eigenvalue weighted by Gasteiger charge is 2.07. The fourth-order valence-electron chi connectivity index (χ4n) is 1.41. The minimum Gasteiger partial charge on any atom is -0.397 e. The standard InChI is InChI=1S/C13H11ClN2O/c14-10-7-5-9(6-8-10)13(17)16-12-4-2-1-3-11(12)15/h1-8H,15H2,(H,16,17). The van der Waals surface area contributed by atoms with Gasteiger partial charge in [0.1, 0.15) is 0 Å². The van der Waals surface area contributed by atoms with E-state index in [1.807, 2.05) is 12.1 Å². The van der Waals surface area contributed by atoms with Crippen LogP contribution in [0, 0.1) is 0 Å². The summed E-state index contributed by atoms with van der Waals surface area (Å²) in [6, 6.07) is 13.8. The van der Waals surface area contributed by atoms with Crippen LogP contribution >= 0.6 is 11.6 Å². The lowest BCUT2D eigenvalue weighted by molar-refractivity contribution is 0.102. The molecule has 0 saturated heterocycles. The predicted octanol–water partition coefficient (Wildman–Crippen LogP) is 3.17. The fourth-order valence-corrected chi connectivity index (χ4v) is 1.53. The van der Waals surface area contributed by atoms with Crippen molar-refractivity contribution < 1.29 is 4.79 Å². The SMILES string of the molecule is Nc1ccccc1NC(=O)c1ccc(Cl)cc1. The van der Waals surface area contributed by atoms with Crippen LogP contribution in [0.15, 0.2) is 48.5 Å². The molecule has 0 aromatic heterocycles. The van der Waals surface area contributed by atoms with Gasteiger partial charge in [-0.3, -0.25) is 4.79 Å². The molecule has 3 N–H and O–H groups in total. The van der Waals surface area contributed by atoms with Crippen molar-refractivity contribution in [3.8, 4) is 0 Å². The number of carbonyl (C=O) groups is 1. The molecule has 2 aromatic carbocycles. The Balaban J connectivity index is 2.17. The maximum Gasteiger partial charge on any atom is 0.255 e. The molecule has 0 unspecified atom stereocenters. The molecule has 17 heavy (non-hydrogen) atoms. The maximum absolute atomic E-state index is 11.9. The van der Waals surface area contributed by atoms with Gasteiger partial charge in [0.15, 0.2) is 0 Å². The molecule has 1 amide bonds. The van der Waals surface area contributed by atoms with Gasteiger partial charge in [0.2, 0.25) is 0 Å². The molecule has 0 bridgehead atoms. The summed E-state index contributed by atoms with van der Waals surface area (Å²) in [4.78, 5) is 11.9. The van der Waals surface area contributed by atoms with Gasteiger partial charge in [-0.1, -0.05) is 23.7 Å². The number of para-hydroxylation sites is 2. The van der Waals surface area contributed by atoms with Crippen molar-refractivity contribution in [2.75, 3.05) is 11.1 Å². The van der Waals surface area contributed by atoms with Crippen LogP contribution in [0.3, 0.4) is 0 Å². The summed E-state index contributed by atoms with van der Waals surface area (Å²) in [5, 5.41) is 3.34. The summed E-state index contributed by atoms with van der Waals surface area (Å²) in [5.41, 5.74) is 7.42. The second-order valence-electron chi connectivity index (χ2n) is 3.55. The van der Waals surface area contributed by atoms with Gasteiger partial charge in [0.25, 0.3) is 5.91 Å². The summed E-state index contributed by atoms with van der Waals surface area (Å²) in [5.74, 6) is -0.209. The van der Waals surface area contributed by atoms with Gasteiger partial charge in [-0.25, -0.2) is 0 Å². The van der Waals surface area contributed by atoms with Crippen molar-refractivity contribution in [1.29, 1.82) is 0 Å². The number of amides is 1. The molecular weight excluding hydrogens is 236 g/mol. The zero-order chi connectivity index (χ0) is 12.3. The molecule has 86 valence electrons. The molecular formula is C13H11ClN2O. The van der Waals surface area contributed by atoms with Crippen molar-refractivity contribution in [1.82, 2.24) is 0 Å². The van der Waals surface area contributed by atoms with E-state index in [4.69, 9.17) is 17.3 Å². The lowest BCUT2D eigenvalue weighted by Crippen LogP contribution is -2.12. The van der Waals surface area contributed by atoms with E-state index >= 15 is 0 Å². The molecule has 0 aliphatic heterocycles. The third kappa shape index (κ3) is 2.77. The lowest BCUT2D eigenvalue weighted by atomic mass is 10.2. The van der Waals surface area contributed by atoms with Gasteiger partial charge in [-0.2, -0.15) is 0 Å². The van der Waals surface area contributed by atoms with Crippen molar-refractivity contribution in [3.05, 3.63) is 59.1 Å². The average molecular weight is 247 g/mol. The molecule has 0 heterocycles. The normalized spacial score (nSPS) is 9.94. The Kier molecular flexibility index (Phi) is 3.30. The second kappa shape index (κ2) is 4.89. The number of nitrogen functional groups attached to an aromatic ring is 1.